The first kappa shape index (κ1) is 18.2. The van der Waals surface area contributed by atoms with Gasteiger partial charge in [0.1, 0.15) is 5.75 Å². The summed E-state index contributed by atoms with van der Waals surface area (Å²) in [6.45, 7) is 5.80. The minimum atomic E-state index is -0.421. The first-order chi connectivity index (χ1) is 13.4. The molecule has 142 valence electrons. The third-order valence-electron chi connectivity index (χ3n) is 4.65. The third-order valence-corrected chi connectivity index (χ3v) is 5.48. The van der Waals surface area contributed by atoms with Crippen LogP contribution in [-0.2, 0) is 4.79 Å². The number of fused-ring (bicyclic) bond motifs is 1. The van der Waals surface area contributed by atoms with E-state index in [4.69, 9.17) is 10.1 Å². The number of carbonyl (C=O) groups is 1. The molecule has 8 heteroatoms. The SMILES string of the molecule is COc1ccccc1-n1c(C)cc(/C=C2/C(=N)N3N=C(C)SC3=NC2=O)c1C. The second kappa shape index (κ2) is 6.79. The Morgan fingerprint density at radius 2 is 1.96 bits per heavy atom. The monoisotopic (exact) mass is 393 g/mol. The zero-order chi connectivity index (χ0) is 20.0. The number of ether oxygens (including phenoxy) is 1. The van der Waals surface area contributed by atoms with Crippen molar-refractivity contribution in [2.45, 2.75) is 20.8 Å². The molecule has 1 amide bonds. The van der Waals surface area contributed by atoms with Crippen molar-refractivity contribution < 1.29 is 9.53 Å². The number of aryl methyl sites for hydroxylation is 1. The molecule has 2 aliphatic heterocycles. The molecular formula is C20H19N5O2S. The molecule has 1 N–H and O–H groups in total. The lowest BCUT2D eigenvalue weighted by Gasteiger charge is -2.20. The molecule has 0 spiro atoms. The molecule has 2 aromatic rings. The van der Waals surface area contributed by atoms with Gasteiger partial charge in [-0.1, -0.05) is 12.1 Å². The zero-order valence-electron chi connectivity index (χ0n) is 16.0. The highest BCUT2D eigenvalue weighted by Crippen LogP contribution is 2.31. The zero-order valence-corrected chi connectivity index (χ0v) is 16.8. The van der Waals surface area contributed by atoms with Crippen LogP contribution in [0.15, 0.2) is 46.0 Å². The van der Waals surface area contributed by atoms with Gasteiger partial charge < -0.3 is 9.30 Å². The molecule has 7 nitrogen and oxygen atoms in total. The summed E-state index contributed by atoms with van der Waals surface area (Å²) in [6.07, 6.45) is 1.72. The topological polar surface area (TPSA) is 83.0 Å². The molecule has 4 rings (SSSR count). The average molecular weight is 393 g/mol. The van der Waals surface area contributed by atoms with E-state index >= 15 is 0 Å². The predicted molar refractivity (Wildman–Crippen MR) is 112 cm³/mol. The van der Waals surface area contributed by atoms with Gasteiger partial charge in [0.25, 0.3) is 5.91 Å². The van der Waals surface area contributed by atoms with E-state index in [1.807, 2.05) is 51.1 Å². The highest BCUT2D eigenvalue weighted by molar-refractivity contribution is 8.26. The number of aliphatic imine (C=N–C) groups is 1. The van der Waals surface area contributed by atoms with Crippen LogP contribution in [0.25, 0.3) is 11.8 Å². The van der Waals surface area contributed by atoms with Crippen LogP contribution in [0.1, 0.15) is 23.9 Å². The Morgan fingerprint density at radius 1 is 1.21 bits per heavy atom. The summed E-state index contributed by atoms with van der Waals surface area (Å²) in [7, 11) is 1.64. The number of methoxy groups -OCH3 is 1. The van der Waals surface area contributed by atoms with Crippen LogP contribution in [0, 0.1) is 19.3 Å². The number of carbonyl (C=O) groups excluding carboxylic acids is 1. The second-order valence-corrected chi connectivity index (χ2v) is 7.63. The van der Waals surface area contributed by atoms with Gasteiger partial charge in [-0.2, -0.15) is 15.1 Å². The van der Waals surface area contributed by atoms with E-state index in [-0.39, 0.29) is 11.4 Å². The van der Waals surface area contributed by atoms with Crippen LogP contribution in [0.4, 0.5) is 0 Å². The molecule has 0 saturated carbocycles. The van der Waals surface area contributed by atoms with Gasteiger partial charge in [-0.15, -0.1) is 0 Å². The van der Waals surface area contributed by atoms with Crippen LogP contribution in [0.3, 0.4) is 0 Å². The molecule has 0 aliphatic carbocycles. The van der Waals surface area contributed by atoms with Gasteiger partial charge in [-0.05, 0) is 62.4 Å². The van der Waals surface area contributed by atoms with E-state index in [9.17, 15) is 4.79 Å². The molecule has 0 bridgehead atoms. The van der Waals surface area contributed by atoms with E-state index < -0.39 is 5.91 Å². The Hall–Kier alpha value is -3.13. The molecule has 2 aliphatic rings. The number of rotatable bonds is 3. The number of amides is 1. The van der Waals surface area contributed by atoms with E-state index in [0.717, 1.165) is 33.4 Å². The van der Waals surface area contributed by atoms with Crippen LogP contribution < -0.4 is 4.74 Å². The number of para-hydroxylation sites is 2. The lowest BCUT2D eigenvalue weighted by atomic mass is 10.1. The fourth-order valence-electron chi connectivity index (χ4n) is 3.36. The van der Waals surface area contributed by atoms with Crippen molar-refractivity contribution in [1.29, 1.82) is 5.41 Å². The molecule has 0 fully saturated rings. The minimum absolute atomic E-state index is 0.0430. The van der Waals surface area contributed by atoms with Gasteiger partial charge in [0, 0.05) is 11.4 Å². The van der Waals surface area contributed by atoms with Gasteiger partial charge >= 0.3 is 0 Å². The molecule has 1 aromatic carbocycles. The summed E-state index contributed by atoms with van der Waals surface area (Å²) in [4.78, 5) is 16.6. The number of nitrogens with zero attached hydrogens (tertiary/aromatic N) is 4. The number of thioether (sulfide) groups is 1. The maximum atomic E-state index is 12.5. The number of hydrogen-bond donors (Lipinski definition) is 1. The minimum Gasteiger partial charge on any atom is -0.495 e. The Balaban J connectivity index is 1.80. The Kier molecular flexibility index (Phi) is 4.43. The predicted octanol–water partition coefficient (Wildman–Crippen LogP) is 3.74. The maximum Gasteiger partial charge on any atom is 0.283 e. The number of aromatic nitrogens is 1. The summed E-state index contributed by atoms with van der Waals surface area (Å²) in [5, 5.41) is 15.3. The largest absolute Gasteiger partial charge is 0.495 e. The second-order valence-electron chi connectivity index (χ2n) is 6.47. The van der Waals surface area contributed by atoms with E-state index in [0.29, 0.717) is 5.17 Å². The molecule has 0 atom stereocenters. The highest BCUT2D eigenvalue weighted by Gasteiger charge is 2.34. The van der Waals surface area contributed by atoms with Crippen LogP contribution in [0.2, 0.25) is 0 Å². The average Bonchev–Trinajstić information content (AvgIpc) is 3.17. The fourth-order valence-corrected chi connectivity index (χ4v) is 4.10. The summed E-state index contributed by atoms with van der Waals surface area (Å²) in [5.74, 6) is 0.385. The van der Waals surface area contributed by atoms with Crippen molar-refractivity contribution >= 4 is 39.8 Å². The quantitative estimate of drug-likeness (QED) is 0.805. The molecule has 3 heterocycles. The van der Waals surface area contributed by atoms with Crippen LogP contribution in [-0.4, -0.2) is 38.6 Å². The van der Waals surface area contributed by atoms with Crippen molar-refractivity contribution in [3.05, 3.63) is 52.9 Å². The number of nitrogens with one attached hydrogen (secondary N) is 1. The first-order valence-corrected chi connectivity index (χ1v) is 9.51. The van der Waals surface area contributed by atoms with Gasteiger partial charge in [-0.3, -0.25) is 10.2 Å². The summed E-state index contributed by atoms with van der Waals surface area (Å²) in [5.41, 5.74) is 3.94. The van der Waals surface area contributed by atoms with E-state index in [1.165, 1.54) is 16.8 Å². The van der Waals surface area contributed by atoms with Gasteiger partial charge in [0.2, 0.25) is 5.17 Å². The highest BCUT2D eigenvalue weighted by atomic mass is 32.2. The Morgan fingerprint density at radius 3 is 2.71 bits per heavy atom. The Bertz CT molecular complexity index is 1110. The molecule has 28 heavy (non-hydrogen) atoms. The van der Waals surface area contributed by atoms with E-state index in [2.05, 4.69) is 14.7 Å². The standard InChI is InChI=1S/C20H19N5O2S/c1-11-9-14(12(2)24(11)16-7-5-6-8-17(16)27-4)10-15-18(21)25-20(22-19(15)26)28-13(3)23-25/h5-10,21H,1-4H3/b15-10-,21-18?. The number of benzene rings is 1. The molecule has 0 saturated heterocycles. The van der Waals surface area contributed by atoms with Crippen LogP contribution >= 0.6 is 11.8 Å². The van der Waals surface area contributed by atoms with Gasteiger partial charge in [0.05, 0.1) is 23.4 Å². The summed E-state index contributed by atoms with van der Waals surface area (Å²) < 4.78 is 7.57. The van der Waals surface area contributed by atoms with Crippen molar-refractivity contribution in [2.24, 2.45) is 10.1 Å². The molecule has 1 aromatic heterocycles. The number of amidine groups is 2. The van der Waals surface area contributed by atoms with Gasteiger partial charge in [-0.25, -0.2) is 0 Å². The smallest absolute Gasteiger partial charge is 0.283 e. The van der Waals surface area contributed by atoms with Crippen LogP contribution in [0.5, 0.6) is 5.75 Å². The lowest BCUT2D eigenvalue weighted by molar-refractivity contribution is -0.114. The van der Waals surface area contributed by atoms with Crippen molar-refractivity contribution in [1.82, 2.24) is 9.58 Å². The summed E-state index contributed by atoms with van der Waals surface area (Å²) in [6, 6.07) is 9.76. The molecule has 0 radical (unpaired) electrons. The first-order valence-electron chi connectivity index (χ1n) is 8.70. The Labute approximate surface area is 166 Å². The summed E-state index contributed by atoms with van der Waals surface area (Å²) >= 11 is 1.30. The van der Waals surface area contributed by atoms with Crippen molar-refractivity contribution in [3.8, 4) is 11.4 Å². The van der Waals surface area contributed by atoms with E-state index in [1.54, 1.807) is 13.2 Å². The number of hydrogen-bond acceptors (Lipinski definition) is 5. The fraction of sp³-hybridized carbons (Fsp3) is 0.200. The normalized spacial score (nSPS) is 17.7. The lowest BCUT2D eigenvalue weighted by Crippen LogP contribution is -2.35. The van der Waals surface area contributed by atoms with Crippen molar-refractivity contribution in [3.63, 3.8) is 0 Å². The third kappa shape index (κ3) is 2.86. The number of hydrazone groups is 1. The van der Waals surface area contributed by atoms with Crippen molar-refractivity contribution in [2.75, 3.05) is 7.11 Å². The van der Waals surface area contributed by atoms with Gasteiger partial charge in [0.15, 0.2) is 5.84 Å². The maximum absolute atomic E-state index is 12.5. The molecular weight excluding hydrogens is 374 g/mol. The molecule has 0 unspecified atom stereocenters.